The first-order chi connectivity index (χ1) is 11.4. The Morgan fingerprint density at radius 2 is 1.36 bits per heavy atom. The number of nitrogens with one attached hydrogen (secondary N) is 1. The number of rotatable bonds is 5. The summed E-state index contributed by atoms with van der Waals surface area (Å²) in [5.74, 6) is 0. The second kappa shape index (κ2) is 6.87. The summed E-state index contributed by atoms with van der Waals surface area (Å²) in [5.41, 5.74) is 3.91. The van der Waals surface area contributed by atoms with Gasteiger partial charge in [-0.2, -0.15) is 0 Å². The molecule has 0 aliphatic carbocycles. The maximum absolute atomic E-state index is 12.8. The summed E-state index contributed by atoms with van der Waals surface area (Å²) in [5, 5.41) is 5.05. The molecule has 0 amide bonds. The predicted octanol–water partition coefficient (Wildman–Crippen LogP) is 2.05. The zero-order valence-corrected chi connectivity index (χ0v) is 16.3. The van der Waals surface area contributed by atoms with E-state index in [4.69, 9.17) is 5.14 Å². The fourth-order valence-electron chi connectivity index (χ4n) is 2.63. The standard InChI is InChI=1S/C17H22N2O4S2/c1-11-9-12(2)14(4)17(13(11)3)25(22,23)19-10-15-5-7-16(8-6-15)24(18,20)21/h5-9,19H,10H2,1-4H3,(H2,18,20,21). The molecule has 0 atom stereocenters. The Balaban J connectivity index is 2.29. The van der Waals surface area contributed by atoms with Gasteiger partial charge in [0.15, 0.2) is 0 Å². The van der Waals surface area contributed by atoms with Crippen molar-refractivity contribution >= 4 is 20.0 Å². The Labute approximate surface area is 149 Å². The van der Waals surface area contributed by atoms with Crippen LogP contribution >= 0.6 is 0 Å². The topological polar surface area (TPSA) is 106 Å². The molecule has 2 rings (SSSR count). The molecule has 25 heavy (non-hydrogen) atoms. The predicted molar refractivity (Wildman–Crippen MR) is 97.2 cm³/mol. The van der Waals surface area contributed by atoms with Crippen molar-refractivity contribution in [1.82, 2.24) is 4.72 Å². The van der Waals surface area contributed by atoms with Crippen LogP contribution in [0.5, 0.6) is 0 Å². The van der Waals surface area contributed by atoms with E-state index in [1.165, 1.54) is 24.3 Å². The van der Waals surface area contributed by atoms with E-state index >= 15 is 0 Å². The minimum absolute atomic E-state index is 0.0138. The Kier molecular flexibility index (Phi) is 5.38. The molecule has 3 N–H and O–H groups in total. The van der Waals surface area contributed by atoms with Crippen LogP contribution in [0.2, 0.25) is 0 Å². The molecule has 0 saturated heterocycles. The van der Waals surface area contributed by atoms with E-state index in [1.54, 1.807) is 13.8 Å². The van der Waals surface area contributed by atoms with Gasteiger partial charge >= 0.3 is 0 Å². The van der Waals surface area contributed by atoms with Crippen molar-refractivity contribution in [3.05, 3.63) is 58.1 Å². The Bertz CT molecular complexity index is 983. The summed E-state index contributed by atoms with van der Waals surface area (Å²) >= 11 is 0. The molecule has 0 bridgehead atoms. The van der Waals surface area contributed by atoms with Crippen LogP contribution in [-0.2, 0) is 26.6 Å². The third kappa shape index (κ3) is 4.27. The second-order valence-electron chi connectivity index (χ2n) is 6.10. The van der Waals surface area contributed by atoms with Crippen LogP contribution < -0.4 is 9.86 Å². The van der Waals surface area contributed by atoms with Gasteiger partial charge < -0.3 is 0 Å². The van der Waals surface area contributed by atoms with Crippen LogP contribution in [0.3, 0.4) is 0 Å². The lowest BCUT2D eigenvalue weighted by atomic mass is 10.0. The van der Waals surface area contributed by atoms with Crippen molar-refractivity contribution < 1.29 is 16.8 Å². The third-order valence-electron chi connectivity index (χ3n) is 4.28. The first-order valence-electron chi connectivity index (χ1n) is 7.62. The van der Waals surface area contributed by atoms with Crippen molar-refractivity contribution in [2.45, 2.75) is 44.0 Å². The Hall–Kier alpha value is -1.74. The van der Waals surface area contributed by atoms with Crippen LogP contribution in [-0.4, -0.2) is 16.8 Å². The number of benzene rings is 2. The van der Waals surface area contributed by atoms with E-state index in [-0.39, 0.29) is 11.4 Å². The van der Waals surface area contributed by atoms with Gasteiger partial charge in [-0.15, -0.1) is 0 Å². The fourth-order valence-corrected chi connectivity index (χ4v) is 4.78. The van der Waals surface area contributed by atoms with E-state index in [9.17, 15) is 16.8 Å². The highest BCUT2D eigenvalue weighted by Crippen LogP contribution is 2.26. The molecular weight excluding hydrogens is 360 g/mol. The molecule has 2 aromatic rings. The van der Waals surface area contributed by atoms with E-state index in [2.05, 4.69) is 4.72 Å². The summed E-state index contributed by atoms with van der Waals surface area (Å²) < 4.78 is 50.6. The highest BCUT2D eigenvalue weighted by molar-refractivity contribution is 7.89. The zero-order valence-electron chi connectivity index (χ0n) is 14.6. The van der Waals surface area contributed by atoms with Gasteiger partial charge in [-0.3, -0.25) is 0 Å². The average molecular weight is 383 g/mol. The van der Waals surface area contributed by atoms with Gasteiger partial charge in [-0.25, -0.2) is 26.7 Å². The highest BCUT2D eigenvalue weighted by atomic mass is 32.2. The van der Waals surface area contributed by atoms with E-state index in [0.717, 1.165) is 22.3 Å². The smallest absolute Gasteiger partial charge is 0.225 e. The fraction of sp³-hybridized carbons (Fsp3) is 0.294. The van der Waals surface area contributed by atoms with E-state index < -0.39 is 20.0 Å². The summed E-state index contributed by atoms with van der Waals surface area (Å²) in [7, 11) is -7.46. The van der Waals surface area contributed by atoms with Crippen LogP contribution in [0.4, 0.5) is 0 Å². The van der Waals surface area contributed by atoms with E-state index in [0.29, 0.717) is 10.5 Å². The van der Waals surface area contributed by atoms with Crippen LogP contribution in [0.25, 0.3) is 0 Å². The average Bonchev–Trinajstić information content (AvgIpc) is 2.51. The third-order valence-corrected chi connectivity index (χ3v) is 6.89. The van der Waals surface area contributed by atoms with Gasteiger partial charge in [0.2, 0.25) is 20.0 Å². The van der Waals surface area contributed by atoms with Gasteiger partial charge in [-0.1, -0.05) is 18.2 Å². The zero-order chi connectivity index (χ0) is 19.0. The van der Waals surface area contributed by atoms with Gasteiger partial charge in [-0.05, 0) is 67.6 Å². The molecule has 8 heteroatoms. The van der Waals surface area contributed by atoms with E-state index in [1.807, 2.05) is 19.9 Å². The molecule has 0 aliphatic rings. The highest BCUT2D eigenvalue weighted by Gasteiger charge is 2.21. The van der Waals surface area contributed by atoms with Crippen LogP contribution in [0.1, 0.15) is 27.8 Å². The second-order valence-corrected chi connectivity index (χ2v) is 9.37. The summed E-state index contributed by atoms with van der Waals surface area (Å²) in [6.45, 7) is 7.40. The molecule has 0 spiro atoms. The number of aryl methyl sites for hydroxylation is 2. The Morgan fingerprint density at radius 3 is 1.80 bits per heavy atom. The van der Waals surface area contributed by atoms with Gasteiger partial charge in [0.1, 0.15) is 0 Å². The Morgan fingerprint density at radius 1 is 0.880 bits per heavy atom. The minimum Gasteiger partial charge on any atom is -0.225 e. The molecule has 0 unspecified atom stereocenters. The largest absolute Gasteiger partial charge is 0.241 e. The number of primary sulfonamides is 1. The van der Waals surface area contributed by atoms with Crippen molar-refractivity contribution in [3.8, 4) is 0 Å². The van der Waals surface area contributed by atoms with Crippen molar-refractivity contribution in [3.63, 3.8) is 0 Å². The molecular formula is C17H22N2O4S2. The molecule has 0 radical (unpaired) electrons. The lowest BCUT2D eigenvalue weighted by molar-refractivity contribution is 0.579. The van der Waals surface area contributed by atoms with Gasteiger partial charge in [0, 0.05) is 6.54 Å². The normalized spacial score (nSPS) is 12.4. The number of nitrogens with two attached hydrogens (primary N) is 1. The van der Waals surface area contributed by atoms with Gasteiger partial charge in [0.25, 0.3) is 0 Å². The molecule has 0 fully saturated rings. The maximum atomic E-state index is 12.8. The first-order valence-corrected chi connectivity index (χ1v) is 10.7. The maximum Gasteiger partial charge on any atom is 0.241 e. The lowest BCUT2D eigenvalue weighted by Crippen LogP contribution is -2.25. The monoisotopic (exact) mass is 382 g/mol. The molecule has 136 valence electrons. The van der Waals surface area contributed by atoms with Gasteiger partial charge in [0.05, 0.1) is 9.79 Å². The molecule has 0 saturated carbocycles. The SMILES string of the molecule is Cc1cc(C)c(C)c(S(=O)(=O)NCc2ccc(S(N)(=O)=O)cc2)c1C. The quantitative estimate of drug-likeness (QED) is 0.825. The minimum atomic E-state index is -3.77. The number of sulfonamides is 2. The molecule has 0 aromatic heterocycles. The number of hydrogen-bond donors (Lipinski definition) is 2. The van der Waals surface area contributed by atoms with Crippen LogP contribution in [0, 0.1) is 27.7 Å². The number of hydrogen-bond acceptors (Lipinski definition) is 4. The molecule has 0 aliphatic heterocycles. The van der Waals surface area contributed by atoms with Crippen molar-refractivity contribution in [2.75, 3.05) is 0 Å². The van der Waals surface area contributed by atoms with Crippen LogP contribution in [0.15, 0.2) is 40.1 Å². The summed E-state index contributed by atoms with van der Waals surface area (Å²) in [6.07, 6.45) is 0. The lowest BCUT2D eigenvalue weighted by Gasteiger charge is -2.16. The molecule has 0 heterocycles. The summed E-state index contributed by atoms with van der Waals surface area (Å²) in [4.78, 5) is 0.284. The molecule has 6 nitrogen and oxygen atoms in total. The van der Waals surface area contributed by atoms with Crippen molar-refractivity contribution in [2.24, 2.45) is 5.14 Å². The molecule has 2 aromatic carbocycles. The van der Waals surface area contributed by atoms with Crippen molar-refractivity contribution in [1.29, 1.82) is 0 Å². The summed E-state index contributed by atoms with van der Waals surface area (Å²) in [6, 6.07) is 7.74. The first kappa shape index (κ1) is 19.6.